The molecule has 0 aromatic heterocycles. The van der Waals surface area contributed by atoms with Gasteiger partial charge >= 0.3 is 0 Å². The zero-order chi connectivity index (χ0) is 13.8. The molecule has 2 rings (SSSR count). The van der Waals surface area contributed by atoms with E-state index in [-0.39, 0.29) is 6.10 Å². The number of methoxy groups -OCH3 is 3. The summed E-state index contributed by atoms with van der Waals surface area (Å²) in [7, 11) is 4.87. The summed E-state index contributed by atoms with van der Waals surface area (Å²) in [6.07, 6.45) is 1.46. The fourth-order valence-electron chi connectivity index (χ4n) is 2.25. The highest BCUT2D eigenvalue weighted by Gasteiger charge is 2.27. The second-order valence-corrected chi connectivity index (χ2v) is 4.71. The Morgan fingerprint density at radius 1 is 1.11 bits per heavy atom. The zero-order valence-corrected chi connectivity index (χ0v) is 11.6. The Morgan fingerprint density at radius 2 is 1.68 bits per heavy atom. The molecule has 19 heavy (non-hydrogen) atoms. The van der Waals surface area contributed by atoms with Crippen molar-refractivity contribution in [2.24, 2.45) is 0 Å². The van der Waals surface area contributed by atoms with Gasteiger partial charge in [-0.1, -0.05) is 0 Å². The van der Waals surface area contributed by atoms with E-state index in [1.54, 1.807) is 21.3 Å². The topological polar surface area (TPSA) is 60.0 Å². The number of aliphatic hydroxyl groups excluding tert-OH is 1. The minimum absolute atomic E-state index is 0.155. The Kier molecular flexibility index (Phi) is 4.50. The van der Waals surface area contributed by atoms with Crippen LogP contribution >= 0.6 is 0 Å². The second kappa shape index (κ2) is 6.12. The number of hydrogen-bond donors (Lipinski definition) is 2. The molecule has 0 aliphatic heterocycles. The van der Waals surface area contributed by atoms with E-state index < -0.39 is 0 Å². The molecule has 106 valence electrons. The van der Waals surface area contributed by atoms with Crippen LogP contribution in [0.25, 0.3) is 0 Å². The first-order chi connectivity index (χ1) is 9.17. The van der Waals surface area contributed by atoms with Crippen LogP contribution in [0.3, 0.4) is 0 Å². The molecule has 0 saturated heterocycles. The van der Waals surface area contributed by atoms with E-state index in [4.69, 9.17) is 14.2 Å². The van der Waals surface area contributed by atoms with Crippen LogP contribution in [0.2, 0.25) is 0 Å². The minimum atomic E-state index is -0.155. The number of nitrogens with one attached hydrogen (secondary N) is 1. The monoisotopic (exact) mass is 267 g/mol. The van der Waals surface area contributed by atoms with Gasteiger partial charge in [0.05, 0.1) is 33.0 Å². The molecule has 0 amide bonds. The summed E-state index contributed by atoms with van der Waals surface area (Å²) in [5, 5.41) is 12.7. The molecule has 5 heteroatoms. The molecule has 1 aliphatic carbocycles. The molecule has 0 atom stereocenters. The number of aliphatic hydroxyl groups is 1. The van der Waals surface area contributed by atoms with E-state index in [2.05, 4.69) is 5.32 Å². The number of ether oxygens (including phenoxy) is 3. The Balaban J connectivity index is 2.12. The fourth-order valence-corrected chi connectivity index (χ4v) is 2.25. The van der Waals surface area contributed by atoms with Gasteiger partial charge in [-0.15, -0.1) is 0 Å². The average Bonchev–Trinajstić information content (AvgIpc) is 2.41. The van der Waals surface area contributed by atoms with Crippen LogP contribution in [0.5, 0.6) is 17.2 Å². The molecule has 0 bridgehead atoms. The summed E-state index contributed by atoms with van der Waals surface area (Å²) < 4.78 is 16.0. The highest BCUT2D eigenvalue weighted by molar-refractivity contribution is 5.50. The number of hydrogen-bond acceptors (Lipinski definition) is 5. The van der Waals surface area contributed by atoms with Crippen molar-refractivity contribution < 1.29 is 19.3 Å². The Labute approximate surface area is 113 Å². The van der Waals surface area contributed by atoms with Crippen molar-refractivity contribution in [1.82, 2.24) is 5.32 Å². The lowest BCUT2D eigenvalue weighted by molar-refractivity contribution is 0.0618. The molecule has 1 saturated carbocycles. The SMILES string of the molecule is COc1cc(OC)c(CNC2CC(O)C2)c(OC)c1. The van der Waals surface area contributed by atoms with Crippen LogP contribution in [0.4, 0.5) is 0 Å². The summed E-state index contributed by atoms with van der Waals surface area (Å²) >= 11 is 0. The van der Waals surface area contributed by atoms with Crippen LogP contribution in [0, 0.1) is 0 Å². The van der Waals surface area contributed by atoms with Crippen molar-refractivity contribution in [2.75, 3.05) is 21.3 Å². The molecule has 0 radical (unpaired) electrons. The van der Waals surface area contributed by atoms with Crippen LogP contribution in [-0.2, 0) is 6.54 Å². The first-order valence-corrected chi connectivity index (χ1v) is 6.38. The molecule has 0 heterocycles. The first-order valence-electron chi connectivity index (χ1n) is 6.38. The third-order valence-corrected chi connectivity index (χ3v) is 3.50. The second-order valence-electron chi connectivity index (χ2n) is 4.71. The van der Waals surface area contributed by atoms with E-state index in [9.17, 15) is 5.11 Å². The zero-order valence-electron chi connectivity index (χ0n) is 11.6. The summed E-state index contributed by atoms with van der Waals surface area (Å²) in [5.74, 6) is 2.18. The standard InChI is InChI=1S/C14H21NO4/c1-17-11-6-13(18-2)12(14(7-11)19-3)8-15-9-4-10(16)5-9/h6-7,9-10,15-16H,4-5,8H2,1-3H3. The smallest absolute Gasteiger partial charge is 0.130 e. The Morgan fingerprint density at radius 3 is 2.11 bits per heavy atom. The molecule has 0 spiro atoms. The molecule has 1 aromatic rings. The Bertz CT molecular complexity index is 404. The molecule has 1 fully saturated rings. The molecular formula is C14H21NO4. The van der Waals surface area contributed by atoms with Crippen molar-refractivity contribution in [2.45, 2.75) is 31.5 Å². The van der Waals surface area contributed by atoms with Crippen LogP contribution < -0.4 is 19.5 Å². The molecule has 1 aromatic carbocycles. The highest BCUT2D eigenvalue weighted by Crippen LogP contribution is 2.34. The summed E-state index contributed by atoms with van der Waals surface area (Å²) in [6.45, 7) is 0.647. The van der Waals surface area contributed by atoms with Gasteiger partial charge in [0, 0.05) is 24.7 Å². The van der Waals surface area contributed by atoms with Gasteiger partial charge in [0.1, 0.15) is 17.2 Å². The molecule has 2 N–H and O–H groups in total. The van der Waals surface area contributed by atoms with Crippen molar-refractivity contribution in [3.8, 4) is 17.2 Å². The quantitative estimate of drug-likeness (QED) is 0.814. The fraction of sp³-hybridized carbons (Fsp3) is 0.571. The molecule has 0 unspecified atom stereocenters. The van der Waals surface area contributed by atoms with Crippen molar-refractivity contribution in [1.29, 1.82) is 0 Å². The molecule has 1 aliphatic rings. The van der Waals surface area contributed by atoms with Crippen LogP contribution in [0.1, 0.15) is 18.4 Å². The summed E-state index contributed by atoms with van der Waals surface area (Å²) in [6, 6.07) is 4.05. The predicted molar refractivity (Wildman–Crippen MR) is 72.0 cm³/mol. The lowest BCUT2D eigenvalue weighted by Crippen LogP contribution is -2.43. The third-order valence-electron chi connectivity index (χ3n) is 3.50. The van der Waals surface area contributed by atoms with Crippen molar-refractivity contribution in [3.63, 3.8) is 0 Å². The van der Waals surface area contributed by atoms with E-state index in [0.717, 1.165) is 29.9 Å². The number of rotatable bonds is 6. The van der Waals surface area contributed by atoms with Gasteiger partial charge < -0.3 is 24.6 Å². The lowest BCUT2D eigenvalue weighted by atomic mass is 9.89. The maximum Gasteiger partial charge on any atom is 0.130 e. The van der Waals surface area contributed by atoms with Gasteiger partial charge in [0.2, 0.25) is 0 Å². The van der Waals surface area contributed by atoms with Crippen LogP contribution in [0.15, 0.2) is 12.1 Å². The number of benzene rings is 1. The van der Waals surface area contributed by atoms with Gasteiger partial charge in [0.15, 0.2) is 0 Å². The average molecular weight is 267 g/mol. The molecule has 5 nitrogen and oxygen atoms in total. The van der Waals surface area contributed by atoms with Gasteiger partial charge in [-0.2, -0.15) is 0 Å². The van der Waals surface area contributed by atoms with Gasteiger partial charge in [-0.05, 0) is 12.8 Å². The van der Waals surface area contributed by atoms with E-state index >= 15 is 0 Å². The largest absolute Gasteiger partial charge is 0.496 e. The lowest BCUT2D eigenvalue weighted by Gasteiger charge is -2.32. The highest BCUT2D eigenvalue weighted by atomic mass is 16.5. The van der Waals surface area contributed by atoms with Gasteiger partial charge in [-0.25, -0.2) is 0 Å². The van der Waals surface area contributed by atoms with E-state index in [1.165, 1.54) is 0 Å². The van der Waals surface area contributed by atoms with Crippen LogP contribution in [-0.4, -0.2) is 38.6 Å². The summed E-state index contributed by atoms with van der Waals surface area (Å²) in [4.78, 5) is 0. The first kappa shape index (κ1) is 14.0. The van der Waals surface area contributed by atoms with Crippen molar-refractivity contribution >= 4 is 0 Å². The maximum absolute atomic E-state index is 9.28. The predicted octanol–water partition coefficient (Wildman–Crippen LogP) is 1.33. The molecular weight excluding hydrogens is 246 g/mol. The van der Waals surface area contributed by atoms with Gasteiger partial charge in [-0.3, -0.25) is 0 Å². The Hall–Kier alpha value is -1.46. The third kappa shape index (κ3) is 3.11. The minimum Gasteiger partial charge on any atom is -0.496 e. The van der Waals surface area contributed by atoms with E-state index in [1.807, 2.05) is 12.1 Å². The van der Waals surface area contributed by atoms with Gasteiger partial charge in [0.25, 0.3) is 0 Å². The van der Waals surface area contributed by atoms with Crippen molar-refractivity contribution in [3.05, 3.63) is 17.7 Å². The van der Waals surface area contributed by atoms with E-state index in [0.29, 0.717) is 18.3 Å². The normalized spacial score (nSPS) is 21.7. The summed E-state index contributed by atoms with van der Waals surface area (Å²) in [5.41, 5.74) is 0.965. The maximum atomic E-state index is 9.28.